The predicted molar refractivity (Wildman–Crippen MR) is 114 cm³/mol. The van der Waals surface area contributed by atoms with Crippen molar-refractivity contribution in [3.63, 3.8) is 0 Å². The van der Waals surface area contributed by atoms with E-state index in [0.29, 0.717) is 30.2 Å². The summed E-state index contributed by atoms with van der Waals surface area (Å²) >= 11 is 11.7. The van der Waals surface area contributed by atoms with Crippen molar-refractivity contribution in [1.82, 2.24) is 10.2 Å². The van der Waals surface area contributed by atoms with Gasteiger partial charge in [0, 0.05) is 43.7 Å². The van der Waals surface area contributed by atoms with Gasteiger partial charge in [-0.25, -0.2) is 0 Å². The molecule has 1 aromatic rings. The number of amides is 2. The molecule has 0 atom stereocenters. The molecule has 1 aromatic carbocycles. The van der Waals surface area contributed by atoms with E-state index in [1.807, 2.05) is 44.7 Å². The summed E-state index contributed by atoms with van der Waals surface area (Å²) in [6.45, 7) is 10.2. The van der Waals surface area contributed by atoms with E-state index in [1.165, 1.54) is 0 Å². The summed E-state index contributed by atoms with van der Waals surface area (Å²) < 4.78 is 0. The maximum absolute atomic E-state index is 12.0. The van der Waals surface area contributed by atoms with Gasteiger partial charge in [0.1, 0.15) is 0 Å². The van der Waals surface area contributed by atoms with E-state index in [-0.39, 0.29) is 16.9 Å². The fraction of sp³-hybridized carbons (Fsp3) is 0.526. The van der Waals surface area contributed by atoms with Crippen LogP contribution in [-0.2, 0) is 9.59 Å². The molecule has 0 bridgehead atoms. The topological polar surface area (TPSA) is 64.7 Å². The molecule has 8 heteroatoms. The summed E-state index contributed by atoms with van der Waals surface area (Å²) in [6, 6.07) is 5.59. The highest BCUT2D eigenvalue weighted by atomic mass is 35.5. The smallest absolute Gasteiger partial charge is 0.231 e. The number of piperazine rings is 1. The largest absolute Gasteiger partial charge is 0.367 e. The maximum Gasteiger partial charge on any atom is 0.231 e. The van der Waals surface area contributed by atoms with Crippen molar-refractivity contribution < 1.29 is 9.59 Å². The third-order valence-electron chi connectivity index (χ3n) is 4.39. The molecule has 6 nitrogen and oxygen atoms in total. The number of hydrogen-bond donors (Lipinski definition) is 2. The first-order valence-corrected chi connectivity index (χ1v) is 9.85. The zero-order valence-electron chi connectivity index (χ0n) is 16.3. The van der Waals surface area contributed by atoms with Crippen molar-refractivity contribution in [3.8, 4) is 0 Å². The summed E-state index contributed by atoms with van der Waals surface area (Å²) in [6.07, 6.45) is 0.535. The van der Waals surface area contributed by atoms with E-state index in [2.05, 4.69) is 15.5 Å². The van der Waals surface area contributed by atoms with Crippen molar-refractivity contribution in [1.29, 1.82) is 0 Å². The zero-order chi connectivity index (χ0) is 20.2. The summed E-state index contributed by atoms with van der Waals surface area (Å²) in [7, 11) is 0. The normalized spacial score (nSPS) is 14.7. The van der Waals surface area contributed by atoms with Crippen LogP contribution in [0.3, 0.4) is 0 Å². The Bertz CT molecular complexity index is 725. The van der Waals surface area contributed by atoms with Gasteiger partial charge in [0.15, 0.2) is 5.11 Å². The third kappa shape index (κ3) is 5.81. The average Bonchev–Trinajstić information content (AvgIpc) is 2.60. The Morgan fingerprint density at radius 3 is 2.33 bits per heavy atom. The first-order valence-electron chi connectivity index (χ1n) is 9.06. The highest BCUT2D eigenvalue weighted by Gasteiger charge is 2.23. The minimum absolute atomic E-state index is 0.151. The summed E-state index contributed by atoms with van der Waals surface area (Å²) in [5, 5.41) is 6.50. The van der Waals surface area contributed by atoms with Gasteiger partial charge in [-0.15, -0.1) is 0 Å². The number of anilines is 2. The lowest BCUT2D eigenvalue weighted by atomic mass is 9.96. The van der Waals surface area contributed by atoms with Crippen LogP contribution in [-0.4, -0.2) is 48.0 Å². The molecule has 0 radical (unpaired) electrons. The number of carbonyl (C=O) groups excluding carboxylic acids is 2. The van der Waals surface area contributed by atoms with E-state index in [9.17, 15) is 9.59 Å². The highest BCUT2D eigenvalue weighted by molar-refractivity contribution is 7.80. The number of nitrogens with one attached hydrogen (secondary N) is 2. The van der Waals surface area contributed by atoms with Gasteiger partial charge in [0.25, 0.3) is 0 Å². The summed E-state index contributed by atoms with van der Waals surface area (Å²) in [5.74, 6) is 0.0355. The van der Waals surface area contributed by atoms with Crippen molar-refractivity contribution in [2.45, 2.75) is 34.1 Å². The molecule has 1 fully saturated rings. The summed E-state index contributed by atoms with van der Waals surface area (Å²) in [4.78, 5) is 27.8. The van der Waals surface area contributed by atoms with Crippen molar-refractivity contribution >= 4 is 52.1 Å². The van der Waals surface area contributed by atoms with Gasteiger partial charge >= 0.3 is 0 Å². The molecule has 2 rings (SSSR count). The number of nitrogens with zero attached hydrogens (tertiary/aromatic N) is 2. The molecule has 27 heavy (non-hydrogen) atoms. The van der Waals surface area contributed by atoms with Crippen LogP contribution in [0.2, 0.25) is 5.02 Å². The molecular formula is C19H27ClN4O2S. The van der Waals surface area contributed by atoms with Gasteiger partial charge in [-0.05, 0) is 30.4 Å². The van der Waals surface area contributed by atoms with E-state index >= 15 is 0 Å². The van der Waals surface area contributed by atoms with Crippen molar-refractivity contribution in [2.24, 2.45) is 5.41 Å². The second kappa shape index (κ2) is 8.89. The Labute approximate surface area is 171 Å². The van der Waals surface area contributed by atoms with Crippen LogP contribution in [0.1, 0.15) is 34.1 Å². The van der Waals surface area contributed by atoms with Gasteiger partial charge in [-0.2, -0.15) is 0 Å². The monoisotopic (exact) mass is 410 g/mol. The van der Waals surface area contributed by atoms with E-state index in [1.54, 1.807) is 6.07 Å². The number of halogens is 1. The molecule has 1 saturated heterocycles. The molecule has 0 spiro atoms. The van der Waals surface area contributed by atoms with E-state index in [0.717, 1.165) is 18.8 Å². The van der Waals surface area contributed by atoms with Crippen molar-refractivity contribution in [3.05, 3.63) is 23.2 Å². The second-order valence-electron chi connectivity index (χ2n) is 7.55. The Balaban J connectivity index is 1.97. The van der Waals surface area contributed by atoms with E-state index in [4.69, 9.17) is 23.8 Å². The van der Waals surface area contributed by atoms with Crippen LogP contribution in [0.25, 0.3) is 0 Å². The van der Waals surface area contributed by atoms with Gasteiger partial charge in [0.05, 0.1) is 10.7 Å². The molecule has 0 saturated carbocycles. The fourth-order valence-corrected chi connectivity index (χ4v) is 3.23. The Morgan fingerprint density at radius 2 is 1.81 bits per heavy atom. The molecule has 1 aliphatic rings. The predicted octanol–water partition coefficient (Wildman–Crippen LogP) is 3.26. The SMILES string of the molecule is CCC(=O)N1CCN(c2ccc(NC(=S)NC(=O)C(C)(C)C)cc2Cl)CC1. The first kappa shape index (κ1) is 21.4. The Morgan fingerprint density at radius 1 is 1.19 bits per heavy atom. The first-order chi connectivity index (χ1) is 12.6. The molecule has 2 amide bonds. The van der Waals surface area contributed by atoms with Crippen LogP contribution in [0.4, 0.5) is 11.4 Å². The van der Waals surface area contributed by atoms with Gasteiger partial charge < -0.3 is 20.4 Å². The lowest BCUT2D eigenvalue weighted by Gasteiger charge is -2.36. The lowest BCUT2D eigenvalue weighted by Crippen LogP contribution is -2.48. The molecule has 148 valence electrons. The second-order valence-corrected chi connectivity index (χ2v) is 8.36. The molecule has 1 aliphatic heterocycles. The highest BCUT2D eigenvalue weighted by Crippen LogP contribution is 2.29. The number of carbonyl (C=O) groups is 2. The van der Waals surface area contributed by atoms with Gasteiger partial charge in [-0.3, -0.25) is 9.59 Å². The molecule has 0 unspecified atom stereocenters. The molecule has 1 heterocycles. The minimum Gasteiger partial charge on any atom is -0.367 e. The number of thiocarbonyl (C=S) groups is 1. The van der Waals surface area contributed by atoms with Crippen molar-refractivity contribution in [2.75, 3.05) is 36.4 Å². The molecule has 0 aliphatic carbocycles. The zero-order valence-corrected chi connectivity index (χ0v) is 17.8. The number of benzene rings is 1. The third-order valence-corrected chi connectivity index (χ3v) is 4.90. The molecule has 2 N–H and O–H groups in total. The lowest BCUT2D eigenvalue weighted by molar-refractivity contribution is -0.131. The Kier molecular flexibility index (Phi) is 7.06. The fourth-order valence-electron chi connectivity index (χ4n) is 2.71. The average molecular weight is 411 g/mol. The van der Waals surface area contributed by atoms with Crippen LogP contribution >= 0.6 is 23.8 Å². The Hall–Kier alpha value is -1.86. The molecule has 0 aromatic heterocycles. The summed E-state index contributed by atoms with van der Waals surface area (Å²) in [5.41, 5.74) is 1.12. The van der Waals surface area contributed by atoms with Gasteiger partial charge in [0.2, 0.25) is 11.8 Å². The number of rotatable bonds is 3. The minimum atomic E-state index is -0.519. The van der Waals surface area contributed by atoms with Crippen LogP contribution in [0.5, 0.6) is 0 Å². The van der Waals surface area contributed by atoms with Gasteiger partial charge in [-0.1, -0.05) is 39.3 Å². The van der Waals surface area contributed by atoms with E-state index < -0.39 is 5.41 Å². The standard InChI is InChI=1S/C19H27ClN4O2S/c1-5-16(25)24-10-8-23(9-11-24)15-7-6-13(12-14(15)20)21-18(27)22-17(26)19(2,3)4/h6-7,12H,5,8-11H2,1-4H3,(H2,21,22,26,27). The molecular weight excluding hydrogens is 384 g/mol. The van der Waals surface area contributed by atoms with Crippen LogP contribution in [0.15, 0.2) is 18.2 Å². The maximum atomic E-state index is 12.0. The quantitative estimate of drug-likeness (QED) is 0.749. The van der Waals surface area contributed by atoms with Crippen LogP contribution in [0, 0.1) is 5.41 Å². The van der Waals surface area contributed by atoms with Crippen LogP contribution < -0.4 is 15.5 Å². The number of hydrogen-bond acceptors (Lipinski definition) is 4.